The van der Waals surface area contributed by atoms with Crippen molar-refractivity contribution in [2.24, 2.45) is 0 Å². The number of hydrogen-bond acceptors (Lipinski definition) is 0. The van der Waals surface area contributed by atoms with Crippen LogP contribution in [-0.2, 0) is 6.18 Å². The van der Waals surface area contributed by atoms with Crippen LogP contribution >= 0.6 is 0 Å². The molecular weight excluding hydrogens is 407 g/mol. The van der Waals surface area contributed by atoms with Gasteiger partial charge in [0, 0.05) is 0 Å². The van der Waals surface area contributed by atoms with Crippen LogP contribution in [0.25, 0.3) is 0 Å². The molecule has 0 aliphatic heterocycles. The molecule has 0 atom stereocenters. The van der Waals surface area contributed by atoms with Crippen molar-refractivity contribution in [2.45, 2.75) is 6.18 Å². The molecule has 3 aromatic carbocycles. The summed E-state index contributed by atoms with van der Waals surface area (Å²) in [5.41, 5.74) is -0.595. The average molecular weight is 421 g/mol. The number of hydrogen-bond donors (Lipinski definition) is 0. The van der Waals surface area contributed by atoms with Crippen molar-refractivity contribution in [3.63, 3.8) is 0 Å². The van der Waals surface area contributed by atoms with E-state index in [0.29, 0.717) is 0 Å². The van der Waals surface area contributed by atoms with Crippen LogP contribution < -0.4 is 10.5 Å². The number of benzene rings is 3. The van der Waals surface area contributed by atoms with E-state index in [2.05, 4.69) is 24.3 Å². The third kappa shape index (κ3) is 3.79. The van der Waals surface area contributed by atoms with Crippen molar-refractivity contribution >= 4 is 30.7 Å². The number of alkyl halides is 3. The molecule has 4 heteroatoms. The molecule has 0 saturated heterocycles. The molecule has 0 aliphatic carbocycles. The van der Waals surface area contributed by atoms with Crippen molar-refractivity contribution in [1.82, 2.24) is 0 Å². The van der Waals surface area contributed by atoms with E-state index in [9.17, 15) is 13.2 Å². The van der Waals surface area contributed by atoms with E-state index >= 15 is 0 Å². The second kappa shape index (κ2) is 6.80. The van der Waals surface area contributed by atoms with E-state index in [4.69, 9.17) is 0 Å². The molecule has 0 N–H and O–H groups in total. The maximum atomic E-state index is 12.8. The maximum absolute atomic E-state index is 12.8. The molecule has 0 bridgehead atoms. The fourth-order valence-corrected chi connectivity index (χ4v) is 8.91. The quantitative estimate of drug-likeness (QED) is 0.571. The zero-order chi connectivity index (χ0) is 16.3. The zero-order valence-corrected chi connectivity index (χ0v) is 14.7. The summed E-state index contributed by atoms with van der Waals surface area (Å²) < 4.78 is 41.8. The minimum absolute atomic E-state index is 0.595. The van der Waals surface area contributed by atoms with Crippen LogP contribution in [0.3, 0.4) is 0 Å². The molecule has 3 aromatic rings. The Morgan fingerprint density at radius 1 is 0.522 bits per heavy atom. The van der Waals surface area contributed by atoms with Crippen molar-refractivity contribution in [3.8, 4) is 0 Å². The van der Waals surface area contributed by atoms with Crippen LogP contribution in [0.1, 0.15) is 5.56 Å². The number of rotatable bonds is 3. The molecule has 0 unspecified atom stereocenters. The first kappa shape index (κ1) is 16.1. The summed E-state index contributed by atoms with van der Waals surface area (Å²) in [5.74, 6) is 0. The SMILES string of the molecule is FC(F)(F)c1cc[c]([Sb]([c]2ccccc2)[c]2ccccc2)cc1. The summed E-state index contributed by atoms with van der Waals surface area (Å²) in [7, 11) is 0. The van der Waals surface area contributed by atoms with Gasteiger partial charge in [-0.15, -0.1) is 0 Å². The van der Waals surface area contributed by atoms with E-state index in [1.807, 2.05) is 36.4 Å². The molecule has 0 aliphatic rings. The van der Waals surface area contributed by atoms with Gasteiger partial charge in [-0.1, -0.05) is 0 Å². The molecule has 0 fully saturated rings. The van der Waals surface area contributed by atoms with Crippen molar-refractivity contribution in [1.29, 1.82) is 0 Å². The van der Waals surface area contributed by atoms with Gasteiger partial charge in [0.05, 0.1) is 0 Å². The van der Waals surface area contributed by atoms with Crippen LogP contribution in [-0.4, -0.2) is 20.2 Å². The minimum atomic E-state index is -4.29. The molecular formula is C19H14F3Sb. The summed E-state index contributed by atoms with van der Waals surface area (Å²) in [5, 5.41) is 0. The molecule has 3 rings (SSSR count). The molecule has 0 nitrogen and oxygen atoms in total. The first-order valence-corrected chi connectivity index (χ1v) is 11.0. The summed E-state index contributed by atoms with van der Waals surface area (Å²) >= 11 is -2.28. The molecule has 0 spiro atoms. The van der Waals surface area contributed by atoms with Crippen molar-refractivity contribution in [2.75, 3.05) is 0 Å². The van der Waals surface area contributed by atoms with Gasteiger partial charge in [0.2, 0.25) is 0 Å². The summed E-state index contributed by atoms with van der Waals surface area (Å²) in [6.07, 6.45) is -4.29. The van der Waals surface area contributed by atoms with Gasteiger partial charge in [0.25, 0.3) is 0 Å². The Balaban J connectivity index is 2.06. The van der Waals surface area contributed by atoms with Crippen LogP contribution in [0, 0.1) is 0 Å². The van der Waals surface area contributed by atoms with Crippen molar-refractivity contribution < 1.29 is 13.2 Å². The first-order chi connectivity index (χ1) is 11.1. The van der Waals surface area contributed by atoms with Gasteiger partial charge in [0.1, 0.15) is 0 Å². The van der Waals surface area contributed by atoms with E-state index in [1.165, 1.54) is 19.2 Å². The summed E-state index contributed by atoms with van der Waals surface area (Å²) in [4.78, 5) is 0. The molecule has 0 amide bonds. The Kier molecular flexibility index (Phi) is 4.77. The second-order valence-electron chi connectivity index (χ2n) is 5.05. The molecule has 0 aromatic heterocycles. The molecule has 0 radical (unpaired) electrons. The van der Waals surface area contributed by atoms with E-state index in [0.717, 1.165) is 3.51 Å². The second-order valence-corrected chi connectivity index (χ2v) is 11.4. The van der Waals surface area contributed by atoms with Crippen LogP contribution in [0.15, 0.2) is 84.9 Å². The average Bonchev–Trinajstić information content (AvgIpc) is 2.57. The standard InChI is InChI=1S/C7H4F3.2C6H5.Sb/c8-7(9,10)6-4-2-1-3-5-6;2*1-2-4-6-5-3-1;/h2-5H;2*1-5H;. The fraction of sp³-hybridized carbons (Fsp3) is 0.0526. The predicted octanol–water partition coefficient (Wildman–Crippen LogP) is 3.22. The van der Waals surface area contributed by atoms with E-state index in [-0.39, 0.29) is 0 Å². The third-order valence-electron chi connectivity index (χ3n) is 3.48. The van der Waals surface area contributed by atoms with Crippen LogP contribution in [0.5, 0.6) is 0 Å². The van der Waals surface area contributed by atoms with Gasteiger partial charge in [-0.2, -0.15) is 0 Å². The Labute approximate surface area is 140 Å². The molecule has 23 heavy (non-hydrogen) atoms. The number of halogens is 3. The van der Waals surface area contributed by atoms with Crippen LogP contribution in [0.2, 0.25) is 0 Å². The van der Waals surface area contributed by atoms with Crippen LogP contribution in [0.4, 0.5) is 13.2 Å². The third-order valence-corrected chi connectivity index (χ3v) is 10.5. The van der Waals surface area contributed by atoms with Gasteiger partial charge in [-0.25, -0.2) is 0 Å². The zero-order valence-electron chi connectivity index (χ0n) is 12.2. The first-order valence-electron chi connectivity index (χ1n) is 7.13. The van der Waals surface area contributed by atoms with Crippen molar-refractivity contribution in [3.05, 3.63) is 90.5 Å². The fourth-order valence-electron chi connectivity index (χ4n) is 2.40. The van der Waals surface area contributed by atoms with Gasteiger partial charge in [-0.3, -0.25) is 0 Å². The Morgan fingerprint density at radius 3 is 1.30 bits per heavy atom. The Bertz CT molecular complexity index is 711. The predicted molar refractivity (Wildman–Crippen MR) is 89.0 cm³/mol. The monoisotopic (exact) mass is 420 g/mol. The Morgan fingerprint density at radius 2 is 0.913 bits per heavy atom. The molecule has 0 heterocycles. The molecule has 0 saturated carbocycles. The van der Waals surface area contributed by atoms with E-state index < -0.39 is 31.9 Å². The Hall–Kier alpha value is -1.73. The van der Waals surface area contributed by atoms with Gasteiger partial charge in [0.15, 0.2) is 0 Å². The topological polar surface area (TPSA) is 0 Å². The van der Waals surface area contributed by atoms with E-state index in [1.54, 1.807) is 12.1 Å². The molecule has 116 valence electrons. The van der Waals surface area contributed by atoms with Gasteiger partial charge < -0.3 is 0 Å². The van der Waals surface area contributed by atoms with Gasteiger partial charge in [-0.05, 0) is 0 Å². The van der Waals surface area contributed by atoms with Gasteiger partial charge >= 0.3 is 141 Å². The summed E-state index contributed by atoms with van der Waals surface area (Å²) in [6, 6.07) is 25.8. The summed E-state index contributed by atoms with van der Waals surface area (Å²) in [6.45, 7) is 0. The normalized spacial score (nSPS) is 11.7.